The van der Waals surface area contributed by atoms with Crippen LogP contribution in [0.3, 0.4) is 0 Å². The summed E-state index contributed by atoms with van der Waals surface area (Å²) in [6.07, 6.45) is 3.47. The Hall–Kier alpha value is -1.82. The standard InChI is InChI=1S/C20H26S.C8H10N2S2/c1-19(2,3)15-7-11-17(12-8-15)21-18-13-9-16(10-14-18)20(4,5)6;11-5-4-10-8(12)7-2-1-3-9-6-7/h7-14H,1-6H3;1-3,6,11H,4-5H2,(H,10,12). The summed E-state index contributed by atoms with van der Waals surface area (Å²) in [6.45, 7) is 14.3. The Morgan fingerprint density at radius 1 is 0.848 bits per heavy atom. The van der Waals surface area contributed by atoms with E-state index in [1.54, 1.807) is 12.4 Å². The average Bonchev–Trinajstić information content (AvgIpc) is 2.78. The summed E-state index contributed by atoms with van der Waals surface area (Å²) in [5.74, 6) is 0.778. The van der Waals surface area contributed by atoms with E-state index in [2.05, 4.69) is 113 Å². The van der Waals surface area contributed by atoms with Gasteiger partial charge < -0.3 is 5.32 Å². The molecule has 0 aliphatic rings. The largest absolute Gasteiger partial charge is 0.375 e. The monoisotopic (exact) mass is 496 g/mol. The van der Waals surface area contributed by atoms with Crippen molar-refractivity contribution in [1.29, 1.82) is 0 Å². The lowest BCUT2D eigenvalue weighted by atomic mass is 9.87. The van der Waals surface area contributed by atoms with Crippen LogP contribution in [-0.4, -0.2) is 22.3 Å². The Balaban J connectivity index is 0.000000273. The molecule has 0 saturated carbocycles. The normalized spacial score (nSPS) is 11.4. The number of nitrogens with zero attached hydrogens (tertiary/aromatic N) is 1. The molecule has 3 rings (SSSR count). The van der Waals surface area contributed by atoms with Crippen LogP contribution in [0, 0.1) is 0 Å². The molecule has 0 amide bonds. The van der Waals surface area contributed by atoms with Crippen LogP contribution in [0.2, 0.25) is 0 Å². The second-order valence-electron chi connectivity index (χ2n) is 9.87. The third-order valence-corrected chi connectivity index (χ3v) is 6.62. The van der Waals surface area contributed by atoms with Gasteiger partial charge in [0.1, 0.15) is 4.99 Å². The van der Waals surface area contributed by atoms with Gasteiger partial charge in [-0.1, -0.05) is 89.8 Å². The zero-order valence-corrected chi connectivity index (χ0v) is 23.1. The maximum atomic E-state index is 5.10. The van der Waals surface area contributed by atoms with Crippen molar-refractivity contribution in [1.82, 2.24) is 10.3 Å². The van der Waals surface area contributed by atoms with Crippen molar-refractivity contribution in [3.05, 3.63) is 89.7 Å². The average molecular weight is 497 g/mol. The number of thiol groups is 1. The number of aromatic nitrogens is 1. The quantitative estimate of drug-likeness (QED) is 0.279. The smallest absolute Gasteiger partial charge is 0.108 e. The van der Waals surface area contributed by atoms with Gasteiger partial charge in [0, 0.05) is 40.0 Å². The molecule has 0 radical (unpaired) electrons. The molecule has 2 nitrogen and oxygen atoms in total. The number of rotatable bonds is 5. The van der Waals surface area contributed by atoms with Crippen molar-refractivity contribution < 1.29 is 0 Å². The fraction of sp³-hybridized carbons (Fsp3) is 0.357. The fourth-order valence-corrected chi connectivity index (χ4v) is 4.10. The summed E-state index contributed by atoms with van der Waals surface area (Å²) >= 11 is 11.0. The van der Waals surface area contributed by atoms with Crippen LogP contribution in [-0.2, 0) is 10.8 Å². The van der Waals surface area contributed by atoms with Gasteiger partial charge in [-0.25, -0.2) is 0 Å². The molecule has 2 aromatic carbocycles. The van der Waals surface area contributed by atoms with Crippen LogP contribution in [0.25, 0.3) is 0 Å². The maximum absolute atomic E-state index is 5.10. The second-order valence-corrected chi connectivity index (χ2v) is 11.9. The fourth-order valence-electron chi connectivity index (χ4n) is 2.95. The predicted octanol–water partition coefficient (Wildman–Crippen LogP) is 7.71. The van der Waals surface area contributed by atoms with Crippen LogP contribution in [0.15, 0.2) is 82.8 Å². The first-order valence-corrected chi connectivity index (χ1v) is 13.0. The molecule has 0 atom stereocenters. The molecule has 1 aromatic heterocycles. The van der Waals surface area contributed by atoms with Gasteiger partial charge in [0.05, 0.1) is 0 Å². The van der Waals surface area contributed by atoms with Crippen LogP contribution in [0.1, 0.15) is 58.2 Å². The minimum absolute atomic E-state index is 0.220. The van der Waals surface area contributed by atoms with E-state index in [0.29, 0.717) is 0 Å². The number of hydrogen-bond acceptors (Lipinski definition) is 4. The van der Waals surface area contributed by atoms with Crippen LogP contribution in [0.4, 0.5) is 0 Å². The van der Waals surface area contributed by atoms with E-state index in [1.165, 1.54) is 20.9 Å². The van der Waals surface area contributed by atoms with Crippen molar-refractivity contribution >= 4 is 41.6 Å². The first-order valence-electron chi connectivity index (χ1n) is 11.2. The first kappa shape index (κ1) is 27.4. The van der Waals surface area contributed by atoms with Gasteiger partial charge in [0.15, 0.2) is 0 Å². The Kier molecular flexibility index (Phi) is 10.5. The molecule has 176 valence electrons. The van der Waals surface area contributed by atoms with Crippen molar-refractivity contribution in [3.63, 3.8) is 0 Å². The molecule has 33 heavy (non-hydrogen) atoms. The van der Waals surface area contributed by atoms with Crippen molar-refractivity contribution in [2.45, 2.75) is 62.2 Å². The summed E-state index contributed by atoms with van der Waals surface area (Å²) < 4.78 is 0. The molecule has 0 aliphatic carbocycles. The Morgan fingerprint density at radius 2 is 1.33 bits per heavy atom. The van der Waals surface area contributed by atoms with Crippen LogP contribution in [0.5, 0.6) is 0 Å². The van der Waals surface area contributed by atoms with E-state index in [0.717, 1.165) is 22.8 Å². The zero-order valence-electron chi connectivity index (χ0n) is 20.6. The summed E-state index contributed by atoms with van der Waals surface area (Å²) in [5.41, 5.74) is 4.16. The lowest BCUT2D eigenvalue weighted by Crippen LogP contribution is -2.24. The molecule has 0 unspecified atom stereocenters. The lowest BCUT2D eigenvalue weighted by molar-refractivity contribution is 0.589. The molecule has 3 aromatic rings. The highest BCUT2D eigenvalue weighted by Crippen LogP contribution is 2.32. The summed E-state index contributed by atoms with van der Waals surface area (Å²) in [6, 6.07) is 21.7. The van der Waals surface area contributed by atoms with Gasteiger partial charge in [-0.05, 0) is 58.4 Å². The minimum Gasteiger partial charge on any atom is -0.375 e. The highest BCUT2D eigenvalue weighted by atomic mass is 32.2. The van der Waals surface area contributed by atoms with E-state index in [1.807, 2.05) is 23.9 Å². The van der Waals surface area contributed by atoms with Gasteiger partial charge in [0.25, 0.3) is 0 Å². The molecule has 1 N–H and O–H groups in total. The van der Waals surface area contributed by atoms with Crippen molar-refractivity contribution in [2.24, 2.45) is 0 Å². The summed E-state index contributed by atoms with van der Waals surface area (Å²) in [7, 11) is 0. The van der Waals surface area contributed by atoms with Gasteiger partial charge in [-0.2, -0.15) is 12.6 Å². The number of nitrogens with one attached hydrogen (secondary N) is 1. The molecule has 5 heteroatoms. The van der Waals surface area contributed by atoms with Gasteiger partial charge >= 0.3 is 0 Å². The van der Waals surface area contributed by atoms with E-state index in [-0.39, 0.29) is 10.8 Å². The lowest BCUT2D eigenvalue weighted by Gasteiger charge is -2.19. The third-order valence-electron chi connectivity index (χ3n) is 5.00. The second kappa shape index (κ2) is 12.6. The van der Waals surface area contributed by atoms with E-state index in [9.17, 15) is 0 Å². The molecule has 0 saturated heterocycles. The molecular formula is C28H36N2S3. The number of benzene rings is 2. The minimum atomic E-state index is 0.220. The molecule has 0 bridgehead atoms. The van der Waals surface area contributed by atoms with Crippen LogP contribution < -0.4 is 5.32 Å². The van der Waals surface area contributed by atoms with Crippen LogP contribution >= 0.6 is 36.6 Å². The van der Waals surface area contributed by atoms with Gasteiger partial charge in [-0.3, -0.25) is 4.98 Å². The Bertz CT molecular complexity index is 929. The Morgan fingerprint density at radius 3 is 1.70 bits per heavy atom. The predicted molar refractivity (Wildman–Crippen MR) is 152 cm³/mol. The molecular weight excluding hydrogens is 461 g/mol. The van der Waals surface area contributed by atoms with E-state index in [4.69, 9.17) is 12.2 Å². The first-order chi connectivity index (χ1) is 15.5. The summed E-state index contributed by atoms with van der Waals surface area (Å²) in [4.78, 5) is 7.30. The van der Waals surface area contributed by atoms with Gasteiger partial charge in [0.2, 0.25) is 0 Å². The van der Waals surface area contributed by atoms with Crippen molar-refractivity contribution in [2.75, 3.05) is 12.3 Å². The molecule has 0 spiro atoms. The molecule has 0 fully saturated rings. The van der Waals surface area contributed by atoms with E-state index >= 15 is 0 Å². The Labute approximate surface area is 215 Å². The molecule has 1 heterocycles. The third kappa shape index (κ3) is 9.52. The summed E-state index contributed by atoms with van der Waals surface area (Å²) in [5, 5.41) is 3.06. The topological polar surface area (TPSA) is 24.9 Å². The molecule has 0 aliphatic heterocycles. The number of thiocarbonyl (C=S) groups is 1. The maximum Gasteiger partial charge on any atom is 0.108 e. The van der Waals surface area contributed by atoms with Crippen molar-refractivity contribution in [3.8, 4) is 0 Å². The number of hydrogen-bond donors (Lipinski definition) is 2. The zero-order chi connectivity index (χ0) is 24.5. The highest BCUT2D eigenvalue weighted by Gasteiger charge is 2.14. The SMILES string of the molecule is CC(C)(C)c1ccc(Sc2ccc(C(C)(C)C)cc2)cc1.S=C(NCCS)c1cccnc1. The van der Waals surface area contributed by atoms with Gasteiger partial charge in [-0.15, -0.1) is 0 Å². The van der Waals surface area contributed by atoms with E-state index < -0.39 is 0 Å². The number of pyridine rings is 1. The highest BCUT2D eigenvalue weighted by molar-refractivity contribution is 7.99.